The van der Waals surface area contributed by atoms with E-state index in [9.17, 15) is 9.59 Å². The Hall–Kier alpha value is -2.64. The number of nitrogens with one attached hydrogen (secondary N) is 1. The van der Waals surface area contributed by atoms with E-state index in [-0.39, 0.29) is 23.8 Å². The van der Waals surface area contributed by atoms with Gasteiger partial charge in [0.2, 0.25) is 5.91 Å². The summed E-state index contributed by atoms with van der Waals surface area (Å²) in [6.07, 6.45) is 0.446. The minimum absolute atomic E-state index is 0.0178. The number of carbonyl (C=O) groups excluding carboxylic acids is 1. The first-order valence-electron chi connectivity index (χ1n) is 9.62. The predicted octanol–water partition coefficient (Wildman–Crippen LogP) is 3.63. The maximum absolute atomic E-state index is 12.8. The molecule has 0 fully saturated rings. The Morgan fingerprint density at radius 3 is 2.76 bits per heavy atom. The number of aliphatic hydroxyl groups excluding tert-OH is 1. The van der Waals surface area contributed by atoms with Crippen molar-refractivity contribution in [1.29, 1.82) is 0 Å². The number of hydrogen-bond acceptors (Lipinski definition) is 5. The summed E-state index contributed by atoms with van der Waals surface area (Å²) in [6, 6.07) is 14.9. The summed E-state index contributed by atoms with van der Waals surface area (Å²) in [4.78, 5) is 29.8. The SMILES string of the molecule is CC(C)c1cccc(NC(=O)CSc2nc3ccccc3c(=O)n2CCCO)c1. The van der Waals surface area contributed by atoms with Gasteiger partial charge in [-0.25, -0.2) is 4.98 Å². The second kappa shape index (κ2) is 9.71. The molecule has 0 aliphatic rings. The van der Waals surface area contributed by atoms with Gasteiger partial charge in [0, 0.05) is 18.8 Å². The molecular formula is C22H25N3O3S. The molecule has 1 aromatic heterocycles. The molecule has 0 saturated carbocycles. The van der Waals surface area contributed by atoms with Crippen molar-refractivity contribution in [3.63, 3.8) is 0 Å². The summed E-state index contributed by atoms with van der Waals surface area (Å²) < 4.78 is 1.54. The van der Waals surface area contributed by atoms with Gasteiger partial charge in [0.05, 0.1) is 16.7 Å². The minimum atomic E-state index is -0.160. The van der Waals surface area contributed by atoms with Crippen molar-refractivity contribution >= 4 is 34.3 Å². The molecule has 1 heterocycles. The van der Waals surface area contributed by atoms with Gasteiger partial charge in [0.1, 0.15) is 0 Å². The van der Waals surface area contributed by atoms with Gasteiger partial charge in [0.15, 0.2) is 5.16 Å². The topological polar surface area (TPSA) is 84.2 Å². The number of carbonyl (C=O) groups is 1. The van der Waals surface area contributed by atoms with Crippen LogP contribution in [0.4, 0.5) is 5.69 Å². The number of nitrogens with zero attached hydrogens (tertiary/aromatic N) is 2. The number of rotatable bonds is 8. The molecule has 6 nitrogen and oxygen atoms in total. The molecule has 0 bridgehead atoms. The second-order valence-corrected chi connectivity index (χ2v) is 8.00. The summed E-state index contributed by atoms with van der Waals surface area (Å²) in [7, 11) is 0. The van der Waals surface area contributed by atoms with Crippen molar-refractivity contribution in [2.24, 2.45) is 0 Å². The summed E-state index contributed by atoms with van der Waals surface area (Å²) in [5, 5.41) is 13.1. The van der Waals surface area contributed by atoms with Gasteiger partial charge in [-0.3, -0.25) is 14.2 Å². The monoisotopic (exact) mass is 411 g/mol. The van der Waals surface area contributed by atoms with Crippen molar-refractivity contribution in [3.8, 4) is 0 Å². The Balaban J connectivity index is 1.77. The quantitative estimate of drug-likeness (QED) is 0.437. The van der Waals surface area contributed by atoms with Gasteiger partial charge in [-0.2, -0.15) is 0 Å². The Morgan fingerprint density at radius 2 is 2.00 bits per heavy atom. The first-order chi connectivity index (χ1) is 14.0. The normalized spacial score (nSPS) is 11.2. The molecule has 0 radical (unpaired) electrons. The highest BCUT2D eigenvalue weighted by atomic mass is 32.2. The molecule has 0 aliphatic heterocycles. The molecule has 3 aromatic rings. The van der Waals surface area contributed by atoms with Gasteiger partial charge < -0.3 is 10.4 Å². The first kappa shape index (κ1) is 21.1. The molecule has 0 atom stereocenters. The largest absolute Gasteiger partial charge is 0.396 e. The summed E-state index contributed by atoms with van der Waals surface area (Å²) in [5.74, 6) is 0.353. The lowest BCUT2D eigenvalue weighted by atomic mass is 10.0. The van der Waals surface area contributed by atoms with Crippen LogP contribution in [0.25, 0.3) is 10.9 Å². The van der Waals surface area contributed by atoms with Crippen molar-refractivity contribution in [3.05, 3.63) is 64.4 Å². The number of benzene rings is 2. The van der Waals surface area contributed by atoms with E-state index in [2.05, 4.69) is 24.1 Å². The predicted molar refractivity (Wildman–Crippen MR) is 118 cm³/mol. The zero-order chi connectivity index (χ0) is 20.8. The van der Waals surface area contributed by atoms with E-state index in [0.717, 1.165) is 11.3 Å². The smallest absolute Gasteiger partial charge is 0.262 e. The van der Waals surface area contributed by atoms with Gasteiger partial charge in [-0.1, -0.05) is 49.9 Å². The average molecular weight is 412 g/mol. The highest BCUT2D eigenvalue weighted by Gasteiger charge is 2.13. The molecular weight excluding hydrogens is 386 g/mol. The number of aliphatic hydroxyl groups is 1. The number of hydrogen-bond donors (Lipinski definition) is 2. The van der Waals surface area contributed by atoms with E-state index in [1.807, 2.05) is 30.3 Å². The second-order valence-electron chi connectivity index (χ2n) is 7.06. The highest BCUT2D eigenvalue weighted by molar-refractivity contribution is 7.99. The van der Waals surface area contributed by atoms with E-state index in [1.165, 1.54) is 16.3 Å². The zero-order valence-corrected chi connectivity index (χ0v) is 17.4. The third-order valence-corrected chi connectivity index (χ3v) is 5.51. The van der Waals surface area contributed by atoms with Crippen LogP contribution in [0.5, 0.6) is 0 Å². The van der Waals surface area contributed by atoms with Crippen LogP contribution in [0.3, 0.4) is 0 Å². The lowest BCUT2D eigenvalue weighted by molar-refractivity contribution is -0.113. The van der Waals surface area contributed by atoms with Crippen LogP contribution >= 0.6 is 11.8 Å². The van der Waals surface area contributed by atoms with Crippen LogP contribution in [0, 0.1) is 0 Å². The standard InChI is InChI=1S/C22H25N3O3S/c1-15(2)16-7-5-8-17(13-16)23-20(27)14-29-22-24-19-10-4-3-9-18(19)21(28)25(22)11-6-12-26/h3-5,7-10,13,15,26H,6,11-12,14H2,1-2H3,(H,23,27). The molecule has 0 aliphatic carbocycles. The zero-order valence-electron chi connectivity index (χ0n) is 16.6. The van der Waals surface area contributed by atoms with Gasteiger partial charge in [-0.05, 0) is 42.2 Å². The summed E-state index contributed by atoms with van der Waals surface area (Å²) in [6.45, 7) is 4.55. The van der Waals surface area contributed by atoms with E-state index < -0.39 is 0 Å². The third-order valence-electron chi connectivity index (χ3n) is 4.54. The van der Waals surface area contributed by atoms with Crippen LogP contribution < -0.4 is 10.9 Å². The van der Waals surface area contributed by atoms with Gasteiger partial charge in [0.25, 0.3) is 5.56 Å². The van der Waals surface area contributed by atoms with Crippen molar-refractivity contribution < 1.29 is 9.90 Å². The fraction of sp³-hybridized carbons (Fsp3) is 0.318. The van der Waals surface area contributed by atoms with Gasteiger partial charge >= 0.3 is 0 Å². The lowest BCUT2D eigenvalue weighted by Gasteiger charge is -2.13. The Labute approximate surface area is 174 Å². The molecule has 152 valence electrons. The number of amides is 1. The molecule has 7 heteroatoms. The first-order valence-corrected chi connectivity index (χ1v) is 10.6. The average Bonchev–Trinajstić information content (AvgIpc) is 2.72. The molecule has 0 unspecified atom stereocenters. The Bertz CT molecular complexity index is 1060. The molecule has 29 heavy (non-hydrogen) atoms. The highest BCUT2D eigenvalue weighted by Crippen LogP contribution is 2.21. The van der Waals surface area contributed by atoms with Crippen LogP contribution in [0.15, 0.2) is 58.5 Å². The van der Waals surface area contributed by atoms with Crippen LogP contribution in [-0.2, 0) is 11.3 Å². The van der Waals surface area contributed by atoms with Crippen LogP contribution in [0.1, 0.15) is 31.7 Å². The maximum Gasteiger partial charge on any atom is 0.262 e. The maximum atomic E-state index is 12.8. The third kappa shape index (κ3) is 5.25. The molecule has 3 rings (SSSR count). The fourth-order valence-electron chi connectivity index (χ4n) is 2.99. The molecule has 1 amide bonds. The summed E-state index contributed by atoms with van der Waals surface area (Å²) >= 11 is 1.22. The number of anilines is 1. The minimum Gasteiger partial charge on any atom is -0.396 e. The molecule has 0 spiro atoms. The Kier molecular flexibility index (Phi) is 7.06. The lowest BCUT2D eigenvalue weighted by Crippen LogP contribution is -2.24. The number of aromatic nitrogens is 2. The fourth-order valence-corrected chi connectivity index (χ4v) is 3.81. The van der Waals surface area contributed by atoms with Crippen LogP contribution in [-0.4, -0.2) is 32.9 Å². The molecule has 0 saturated heterocycles. The van der Waals surface area contributed by atoms with E-state index >= 15 is 0 Å². The molecule has 2 aromatic carbocycles. The van der Waals surface area contributed by atoms with E-state index in [1.54, 1.807) is 18.2 Å². The van der Waals surface area contributed by atoms with E-state index in [4.69, 9.17) is 5.11 Å². The number of fused-ring (bicyclic) bond motifs is 1. The van der Waals surface area contributed by atoms with E-state index in [0.29, 0.717) is 34.9 Å². The number of para-hydroxylation sites is 1. The van der Waals surface area contributed by atoms with Crippen molar-refractivity contribution in [2.45, 2.75) is 37.9 Å². The summed E-state index contributed by atoms with van der Waals surface area (Å²) in [5.41, 5.74) is 2.36. The molecule has 2 N–H and O–H groups in total. The Morgan fingerprint density at radius 1 is 1.21 bits per heavy atom. The van der Waals surface area contributed by atoms with Crippen molar-refractivity contribution in [1.82, 2.24) is 9.55 Å². The number of thioether (sulfide) groups is 1. The van der Waals surface area contributed by atoms with Crippen LogP contribution in [0.2, 0.25) is 0 Å². The van der Waals surface area contributed by atoms with Crippen molar-refractivity contribution in [2.75, 3.05) is 17.7 Å². The van der Waals surface area contributed by atoms with Gasteiger partial charge in [-0.15, -0.1) is 0 Å².